The molecule has 0 aliphatic carbocycles. The van der Waals surface area contributed by atoms with Gasteiger partial charge in [0.15, 0.2) is 12.4 Å². The highest BCUT2D eigenvalue weighted by molar-refractivity contribution is 6.30. The normalized spacial score (nSPS) is 15.1. The van der Waals surface area contributed by atoms with Crippen molar-refractivity contribution in [3.05, 3.63) is 94.5 Å². The molecule has 37 heavy (non-hydrogen) atoms. The molecule has 1 aliphatic heterocycles. The van der Waals surface area contributed by atoms with Crippen molar-refractivity contribution in [2.24, 2.45) is 0 Å². The molecule has 0 bridgehead atoms. The molecular weight excluding hydrogens is 496 g/mol. The van der Waals surface area contributed by atoms with E-state index in [4.69, 9.17) is 21.1 Å². The van der Waals surface area contributed by atoms with Crippen molar-refractivity contribution >= 4 is 40.9 Å². The minimum absolute atomic E-state index is 0.0462. The van der Waals surface area contributed by atoms with Gasteiger partial charge in [0, 0.05) is 10.6 Å². The zero-order valence-corrected chi connectivity index (χ0v) is 20.9. The van der Waals surface area contributed by atoms with Crippen LogP contribution in [0.25, 0.3) is 0 Å². The van der Waals surface area contributed by atoms with Crippen molar-refractivity contribution < 1.29 is 28.7 Å². The van der Waals surface area contributed by atoms with Crippen LogP contribution < -0.4 is 15.0 Å². The monoisotopic (exact) mass is 520 g/mol. The number of halogens is 1. The van der Waals surface area contributed by atoms with Gasteiger partial charge in [-0.1, -0.05) is 35.9 Å². The van der Waals surface area contributed by atoms with E-state index in [0.29, 0.717) is 35.0 Å². The summed E-state index contributed by atoms with van der Waals surface area (Å²) >= 11 is 6.00. The first-order chi connectivity index (χ1) is 17.9. The molecule has 1 heterocycles. The van der Waals surface area contributed by atoms with E-state index >= 15 is 0 Å². The summed E-state index contributed by atoms with van der Waals surface area (Å²) in [5, 5.41) is 3.78. The number of amides is 2. The van der Waals surface area contributed by atoms with E-state index in [0.717, 1.165) is 10.5 Å². The number of benzene rings is 3. The quantitative estimate of drug-likeness (QED) is 0.246. The lowest BCUT2D eigenvalue weighted by Crippen LogP contribution is -2.39. The Hall–Kier alpha value is -4.01. The van der Waals surface area contributed by atoms with Gasteiger partial charge >= 0.3 is 5.97 Å². The summed E-state index contributed by atoms with van der Waals surface area (Å²) in [4.78, 5) is 51.3. The molecule has 9 heteroatoms. The van der Waals surface area contributed by atoms with E-state index < -0.39 is 18.6 Å². The maximum Gasteiger partial charge on any atom is 0.338 e. The van der Waals surface area contributed by atoms with E-state index in [1.54, 1.807) is 30.3 Å². The van der Waals surface area contributed by atoms with Gasteiger partial charge in [0.1, 0.15) is 5.75 Å². The largest absolute Gasteiger partial charge is 0.497 e. The van der Waals surface area contributed by atoms with Crippen LogP contribution in [0.5, 0.6) is 5.75 Å². The minimum atomic E-state index is -0.692. The van der Waals surface area contributed by atoms with E-state index in [1.165, 1.54) is 31.4 Å². The summed E-state index contributed by atoms with van der Waals surface area (Å²) in [6, 6.07) is 19.3. The van der Waals surface area contributed by atoms with Crippen LogP contribution in [0, 0.1) is 0 Å². The molecule has 0 saturated carbocycles. The Bertz CT molecular complexity index is 1320. The summed E-state index contributed by atoms with van der Waals surface area (Å²) in [5.41, 5.74) is 1.95. The number of methoxy groups -OCH3 is 1. The molecule has 1 unspecified atom stereocenters. The molecule has 190 valence electrons. The van der Waals surface area contributed by atoms with Gasteiger partial charge in [-0.2, -0.15) is 0 Å². The third kappa shape index (κ3) is 6.41. The van der Waals surface area contributed by atoms with Crippen molar-refractivity contribution in [1.82, 2.24) is 5.32 Å². The van der Waals surface area contributed by atoms with Gasteiger partial charge in [0.2, 0.25) is 5.91 Å². The third-order valence-corrected chi connectivity index (χ3v) is 6.16. The van der Waals surface area contributed by atoms with Crippen LogP contribution in [0.1, 0.15) is 32.7 Å². The van der Waals surface area contributed by atoms with Crippen molar-refractivity contribution in [1.29, 1.82) is 0 Å². The summed E-state index contributed by atoms with van der Waals surface area (Å²) in [6.07, 6.45) is 0.709. The predicted molar refractivity (Wildman–Crippen MR) is 138 cm³/mol. The van der Waals surface area contributed by atoms with Gasteiger partial charge in [0.25, 0.3) is 5.91 Å². The minimum Gasteiger partial charge on any atom is -0.497 e. The number of imide groups is 1. The maximum absolute atomic E-state index is 12.9. The van der Waals surface area contributed by atoms with Crippen LogP contribution in [0.3, 0.4) is 0 Å². The molecule has 1 fully saturated rings. The van der Waals surface area contributed by atoms with Crippen molar-refractivity contribution in [2.45, 2.75) is 18.9 Å². The summed E-state index contributed by atoms with van der Waals surface area (Å²) in [6.45, 7) is 0.0799. The number of Topliss-reactive ketones (excluding diaryl/α,β-unsaturated/α-hetero) is 1. The van der Waals surface area contributed by atoms with Crippen LogP contribution in [0.4, 0.5) is 5.69 Å². The van der Waals surface area contributed by atoms with Gasteiger partial charge < -0.3 is 14.8 Å². The van der Waals surface area contributed by atoms with Crippen molar-refractivity contribution in [2.75, 3.05) is 25.2 Å². The van der Waals surface area contributed by atoms with E-state index in [1.807, 2.05) is 18.2 Å². The first kappa shape index (κ1) is 26.1. The second-order valence-electron chi connectivity index (χ2n) is 8.44. The average molecular weight is 521 g/mol. The standard InChI is InChI=1S/C28H25ClN2O6/c1-36-23-7-3-5-20(15-23)25(32)17-37-28(35)19-8-10-22(11-9-19)31-26(33)16-24(27(31)34)30-13-12-18-4-2-6-21(29)14-18/h2-11,14-15,24,30H,12-13,16-17H2,1H3. The number of carbonyl (C=O) groups excluding carboxylic acids is 4. The Kier molecular flexibility index (Phi) is 8.32. The van der Waals surface area contributed by atoms with Crippen LogP contribution >= 0.6 is 11.6 Å². The second-order valence-corrected chi connectivity index (χ2v) is 8.87. The molecule has 0 aromatic heterocycles. The molecule has 1 saturated heterocycles. The molecule has 1 aliphatic rings. The van der Waals surface area contributed by atoms with E-state index in [-0.39, 0.29) is 29.6 Å². The molecule has 0 radical (unpaired) electrons. The highest BCUT2D eigenvalue weighted by Crippen LogP contribution is 2.24. The fourth-order valence-corrected chi connectivity index (χ4v) is 4.20. The Morgan fingerprint density at radius 1 is 1.00 bits per heavy atom. The van der Waals surface area contributed by atoms with E-state index in [2.05, 4.69) is 5.32 Å². The summed E-state index contributed by atoms with van der Waals surface area (Å²) < 4.78 is 10.2. The number of carbonyl (C=O) groups is 4. The van der Waals surface area contributed by atoms with Gasteiger partial charge in [0.05, 0.1) is 30.8 Å². The number of hydrogen-bond acceptors (Lipinski definition) is 7. The van der Waals surface area contributed by atoms with Gasteiger partial charge in [-0.25, -0.2) is 9.69 Å². The first-order valence-corrected chi connectivity index (χ1v) is 12.0. The molecule has 4 rings (SSSR count). The highest BCUT2D eigenvalue weighted by Gasteiger charge is 2.39. The zero-order valence-electron chi connectivity index (χ0n) is 20.1. The van der Waals surface area contributed by atoms with Crippen LogP contribution in [0.15, 0.2) is 72.8 Å². The molecule has 3 aromatic carbocycles. The number of ether oxygens (including phenoxy) is 2. The summed E-state index contributed by atoms with van der Waals surface area (Å²) in [5.74, 6) is -1.22. The number of rotatable bonds is 10. The van der Waals surface area contributed by atoms with Gasteiger partial charge in [-0.05, 0) is 67.1 Å². The van der Waals surface area contributed by atoms with Crippen LogP contribution in [0.2, 0.25) is 5.02 Å². The third-order valence-electron chi connectivity index (χ3n) is 5.93. The summed E-state index contributed by atoms with van der Waals surface area (Å²) in [7, 11) is 1.50. The lowest BCUT2D eigenvalue weighted by molar-refractivity contribution is -0.121. The van der Waals surface area contributed by atoms with Crippen LogP contribution in [-0.2, 0) is 20.7 Å². The number of hydrogen-bond donors (Lipinski definition) is 1. The first-order valence-electron chi connectivity index (χ1n) is 11.6. The molecule has 0 spiro atoms. The number of ketones is 1. The smallest absolute Gasteiger partial charge is 0.338 e. The Balaban J connectivity index is 1.31. The Labute approximate surface area is 219 Å². The molecule has 1 N–H and O–H groups in total. The lowest BCUT2D eigenvalue weighted by atomic mass is 10.1. The maximum atomic E-state index is 12.9. The number of nitrogens with zero attached hydrogens (tertiary/aromatic N) is 1. The topological polar surface area (TPSA) is 102 Å². The second kappa shape index (κ2) is 11.8. The Morgan fingerprint density at radius 2 is 1.76 bits per heavy atom. The van der Waals surface area contributed by atoms with Crippen molar-refractivity contribution in [3.63, 3.8) is 0 Å². The van der Waals surface area contributed by atoms with Crippen molar-refractivity contribution in [3.8, 4) is 5.75 Å². The van der Waals surface area contributed by atoms with Crippen LogP contribution in [-0.4, -0.2) is 49.9 Å². The highest BCUT2D eigenvalue weighted by atomic mass is 35.5. The number of esters is 1. The predicted octanol–water partition coefficient (Wildman–Crippen LogP) is 3.85. The van der Waals surface area contributed by atoms with Gasteiger partial charge in [-0.3, -0.25) is 14.4 Å². The fourth-order valence-electron chi connectivity index (χ4n) is 3.99. The molecule has 8 nitrogen and oxygen atoms in total. The van der Waals surface area contributed by atoms with E-state index in [9.17, 15) is 19.2 Å². The fraction of sp³-hybridized carbons (Fsp3) is 0.214. The molecule has 3 aromatic rings. The van der Waals surface area contributed by atoms with Gasteiger partial charge in [-0.15, -0.1) is 0 Å². The molecule has 1 atom stereocenters. The molecule has 2 amide bonds. The average Bonchev–Trinajstić information content (AvgIpc) is 3.19. The number of anilines is 1. The number of nitrogens with one attached hydrogen (secondary N) is 1. The zero-order chi connectivity index (χ0) is 26.4. The SMILES string of the molecule is COc1cccc(C(=O)COC(=O)c2ccc(N3C(=O)CC(NCCc4cccc(Cl)c4)C3=O)cc2)c1. The Morgan fingerprint density at radius 3 is 2.49 bits per heavy atom. The lowest BCUT2D eigenvalue weighted by Gasteiger charge is -2.16. The molecular formula is C28H25ClN2O6.